The molecule has 1 amide bonds. The van der Waals surface area contributed by atoms with Crippen molar-refractivity contribution < 1.29 is 15.0 Å². The standard InChI is InChI=1S/C13H18N2O3/c16-11-5-10(6-12(17)7-11)13(18)15-4-2-9-1-3-14-8-9/h5-7,9,14,16-17H,1-4,8H2,(H,15,18). The third-order valence-corrected chi connectivity index (χ3v) is 3.17. The van der Waals surface area contributed by atoms with Crippen molar-refractivity contribution in [3.05, 3.63) is 23.8 Å². The molecule has 1 aromatic carbocycles. The molecule has 5 heteroatoms. The zero-order chi connectivity index (χ0) is 13.0. The summed E-state index contributed by atoms with van der Waals surface area (Å²) in [7, 11) is 0. The van der Waals surface area contributed by atoms with Crippen molar-refractivity contribution >= 4 is 5.91 Å². The van der Waals surface area contributed by atoms with Crippen LogP contribution in [0.15, 0.2) is 18.2 Å². The average Bonchev–Trinajstić information content (AvgIpc) is 2.80. The highest BCUT2D eigenvalue weighted by Gasteiger charge is 2.14. The first kappa shape index (κ1) is 12.7. The van der Waals surface area contributed by atoms with Crippen molar-refractivity contribution in [2.24, 2.45) is 5.92 Å². The second-order valence-electron chi connectivity index (χ2n) is 4.64. The maximum atomic E-state index is 11.8. The largest absolute Gasteiger partial charge is 0.508 e. The first-order valence-corrected chi connectivity index (χ1v) is 6.17. The number of carbonyl (C=O) groups excluding carboxylic acids is 1. The molecule has 1 atom stereocenters. The molecular formula is C13H18N2O3. The van der Waals surface area contributed by atoms with Gasteiger partial charge in [0.2, 0.25) is 0 Å². The number of benzene rings is 1. The quantitative estimate of drug-likeness (QED) is 0.638. The number of carbonyl (C=O) groups is 1. The third kappa shape index (κ3) is 3.37. The predicted octanol–water partition coefficient (Wildman–Crippen LogP) is 0.827. The van der Waals surface area contributed by atoms with Gasteiger partial charge in [0.1, 0.15) is 11.5 Å². The van der Waals surface area contributed by atoms with Crippen LogP contribution in [0.1, 0.15) is 23.2 Å². The molecular weight excluding hydrogens is 232 g/mol. The molecule has 0 bridgehead atoms. The van der Waals surface area contributed by atoms with Crippen molar-refractivity contribution in [3.8, 4) is 11.5 Å². The van der Waals surface area contributed by atoms with Crippen LogP contribution in [0.3, 0.4) is 0 Å². The fraction of sp³-hybridized carbons (Fsp3) is 0.462. The van der Waals surface area contributed by atoms with Crippen LogP contribution >= 0.6 is 0 Å². The van der Waals surface area contributed by atoms with E-state index in [0.29, 0.717) is 12.5 Å². The summed E-state index contributed by atoms with van der Waals surface area (Å²) >= 11 is 0. The van der Waals surface area contributed by atoms with Crippen molar-refractivity contribution in [3.63, 3.8) is 0 Å². The Bertz CT molecular complexity index is 408. The third-order valence-electron chi connectivity index (χ3n) is 3.17. The zero-order valence-electron chi connectivity index (χ0n) is 10.1. The SMILES string of the molecule is O=C(NCCC1CCNC1)c1cc(O)cc(O)c1. The lowest BCUT2D eigenvalue weighted by molar-refractivity contribution is 0.0951. The van der Waals surface area contributed by atoms with Crippen molar-refractivity contribution in [2.45, 2.75) is 12.8 Å². The lowest BCUT2D eigenvalue weighted by Crippen LogP contribution is -2.26. The molecule has 5 nitrogen and oxygen atoms in total. The van der Waals surface area contributed by atoms with Gasteiger partial charge in [-0.3, -0.25) is 4.79 Å². The molecule has 1 fully saturated rings. The number of rotatable bonds is 4. The molecule has 0 aliphatic carbocycles. The summed E-state index contributed by atoms with van der Waals surface area (Å²) in [5.74, 6) is 0.135. The van der Waals surface area contributed by atoms with Crippen LogP contribution in [0.4, 0.5) is 0 Å². The highest BCUT2D eigenvalue weighted by molar-refractivity contribution is 5.95. The zero-order valence-corrected chi connectivity index (χ0v) is 10.1. The first-order chi connectivity index (χ1) is 8.65. The Morgan fingerprint density at radius 3 is 2.67 bits per heavy atom. The summed E-state index contributed by atoms with van der Waals surface area (Å²) in [5.41, 5.74) is 0.275. The van der Waals surface area contributed by atoms with Crippen LogP contribution in [0.25, 0.3) is 0 Å². The summed E-state index contributed by atoms with van der Waals surface area (Å²) < 4.78 is 0. The van der Waals surface area contributed by atoms with Gasteiger partial charge in [-0.1, -0.05) is 0 Å². The molecule has 2 rings (SSSR count). The Hall–Kier alpha value is -1.75. The molecule has 0 radical (unpaired) electrons. The smallest absolute Gasteiger partial charge is 0.251 e. The van der Waals surface area contributed by atoms with Gasteiger partial charge in [-0.05, 0) is 44.0 Å². The topological polar surface area (TPSA) is 81.6 Å². The van der Waals surface area contributed by atoms with Crippen LogP contribution < -0.4 is 10.6 Å². The van der Waals surface area contributed by atoms with E-state index in [4.69, 9.17) is 0 Å². The lowest BCUT2D eigenvalue weighted by atomic mass is 10.1. The van der Waals surface area contributed by atoms with E-state index in [2.05, 4.69) is 10.6 Å². The van der Waals surface area contributed by atoms with Crippen LogP contribution in [0, 0.1) is 5.92 Å². The first-order valence-electron chi connectivity index (χ1n) is 6.17. The van der Waals surface area contributed by atoms with Gasteiger partial charge in [-0.15, -0.1) is 0 Å². The number of hydrogen-bond donors (Lipinski definition) is 4. The highest BCUT2D eigenvalue weighted by Crippen LogP contribution is 2.20. The Morgan fingerprint density at radius 1 is 1.33 bits per heavy atom. The van der Waals surface area contributed by atoms with Crippen LogP contribution in [0.2, 0.25) is 0 Å². The summed E-state index contributed by atoms with van der Waals surface area (Å²) in [5, 5.41) is 24.7. The Morgan fingerprint density at radius 2 is 2.06 bits per heavy atom. The maximum Gasteiger partial charge on any atom is 0.251 e. The number of amides is 1. The van der Waals surface area contributed by atoms with Crippen molar-refractivity contribution in [1.29, 1.82) is 0 Å². The Labute approximate surface area is 106 Å². The number of aromatic hydroxyl groups is 2. The number of phenolic OH excluding ortho intramolecular Hbond substituents is 2. The minimum Gasteiger partial charge on any atom is -0.508 e. The van der Waals surface area contributed by atoms with Gasteiger partial charge >= 0.3 is 0 Å². The van der Waals surface area contributed by atoms with Gasteiger partial charge in [0, 0.05) is 18.2 Å². The second kappa shape index (κ2) is 5.73. The van der Waals surface area contributed by atoms with E-state index in [1.54, 1.807) is 0 Å². The molecule has 0 aromatic heterocycles. The van der Waals surface area contributed by atoms with Gasteiger partial charge in [-0.25, -0.2) is 0 Å². The van der Waals surface area contributed by atoms with Crippen LogP contribution in [0.5, 0.6) is 11.5 Å². The lowest BCUT2D eigenvalue weighted by Gasteiger charge is -2.09. The normalized spacial score (nSPS) is 18.8. The molecule has 1 heterocycles. The average molecular weight is 250 g/mol. The van der Waals surface area contributed by atoms with Crippen molar-refractivity contribution in [2.75, 3.05) is 19.6 Å². The van der Waals surface area contributed by atoms with Gasteiger partial charge in [0.05, 0.1) is 0 Å². The molecule has 1 aliphatic rings. The Kier molecular flexibility index (Phi) is 4.04. The van der Waals surface area contributed by atoms with E-state index >= 15 is 0 Å². The molecule has 1 unspecified atom stereocenters. The summed E-state index contributed by atoms with van der Waals surface area (Å²) in [4.78, 5) is 11.8. The van der Waals surface area contributed by atoms with Crippen LogP contribution in [-0.2, 0) is 0 Å². The molecule has 1 aromatic rings. The monoisotopic (exact) mass is 250 g/mol. The van der Waals surface area contributed by atoms with Crippen molar-refractivity contribution in [1.82, 2.24) is 10.6 Å². The minimum absolute atomic E-state index is 0.111. The number of phenols is 2. The van der Waals surface area contributed by atoms with Gasteiger partial charge < -0.3 is 20.8 Å². The summed E-state index contributed by atoms with van der Waals surface area (Å²) in [6.45, 7) is 2.68. The molecule has 0 saturated carbocycles. The van der Waals surface area contributed by atoms with Gasteiger partial charge in [0.25, 0.3) is 5.91 Å². The molecule has 18 heavy (non-hydrogen) atoms. The van der Waals surface area contributed by atoms with Crippen LogP contribution in [-0.4, -0.2) is 35.8 Å². The number of nitrogens with one attached hydrogen (secondary N) is 2. The van der Waals surface area contributed by atoms with E-state index in [9.17, 15) is 15.0 Å². The maximum absolute atomic E-state index is 11.8. The van der Waals surface area contributed by atoms with E-state index in [1.807, 2.05) is 0 Å². The van der Waals surface area contributed by atoms with Gasteiger partial charge in [-0.2, -0.15) is 0 Å². The Balaban J connectivity index is 1.83. The molecule has 98 valence electrons. The predicted molar refractivity (Wildman–Crippen MR) is 67.7 cm³/mol. The van der Waals surface area contributed by atoms with E-state index in [-0.39, 0.29) is 23.0 Å². The van der Waals surface area contributed by atoms with E-state index in [0.717, 1.165) is 25.9 Å². The summed E-state index contributed by atoms with van der Waals surface area (Å²) in [6.07, 6.45) is 2.10. The minimum atomic E-state index is -0.271. The van der Waals surface area contributed by atoms with E-state index in [1.165, 1.54) is 18.2 Å². The fourth-order valence-electron chi connectivity index (χ4n) is 2.18. The highest BCUT2D eigenvalue weighted by atomic mass is 16.3. The fourth-order valence-corrected chi connectivity index (χ4v) is 2.18. The number of hydrogen-bond acceptors (Lipinski definition) is 4. The molecule has 1 saturated heterocycles. The van der Waals surface area contributed by atoms with E-state index < -0.39 is 0 Å². The molecule has 4 N–H and O–H groups in total. The molecule has 0 spiro atoms. The second-order valence-corrected chi connectivity index (χ2v) is 4.64. The van der Waals surface area contributed by atoms with Gasteiger partial charge in [0.15, 0.2) is 0 Å². The summed E-state index contributed by atoms with van der Waals surface area (Å²) in [6, 6.07) is 3.87. The molecule has 1 aliphatic heterocycles.